The predicted molar refractivity (Wildman–Crippen MR) is 94.7 cm³/mol. The Bertz CT molecular complexity index is 589. The van der Waals surface area contributed by atoms with Crippen LogP contribution in [0.3, 0.4) is 0 Å². The smallest absolute Gasteiger partial charge is 0.379 e. The second kappa shape index (κ2) is 9.69. The maximum Gasteiger partial charge on any atom is 0.417 e. The minimum Gasteiger partial charge on any atom is -0.379 e. The number of nitrogens with zero attached hydrogens (tertiary/aromatic N) is 2. The second-order valence-electron chi connectivity index (χ2n) is 5.52. The highest BCUT2D eigenvalue weighted by atomic mass is 32.1. The van der Waals surface area contributed by atoms with Gasteiger partial charge in [-0.2, -0.15) is 18.3 Å². The zero-order valence-electron chi connectivity index (χ0n) is 13.7. The van der Waals surface area contributed by atoms with E-state index in [9.17, 15) is 13.2 Å². The minimum atomic E-state index is -4.42. The van der Waals surface area contributed by atoms with Crippen molar-refractivity contribution in [2.45, 2.75) is 12.6 Å². The van der Waals surface area contributed by atoms with Crippen LogP contribution in [-0.2, 0) is 10.9 Å². The van der Waals surface area contributed by atoms with Crippen LogP contribution in [0.25, 0.3) is 0 Å². The molecule has 1 heterocycles. The lowest BCUT2D eigenvalue weighted by Crippen LogP contribution is -2.39. The predicted octanol–water partition coefficient (Wildman–Crippen LogP) is 2.23. The van der Waals surface area contributed by atoms with Crippen LogP contribution in [0.2, 0.25) is 0 Å². The van der Waals surface area contributed by atoms with Crippen LogP contribution in [0.15, 0.2) is 29.4 Å². The molecule has 1 aliphatic heterocycles. The number of ether oxygens (including phenoxy) is 1. The van der Waals surface area contributed by atoms with Crippen molar-refractivity contribution in [1.82, 2.24) is 15.6 Å². The van der Waals surface area contributed by atoms with E-state index >= 15 is 0 Å². The van der Waals surface area contributed by atoms with Crippen molar-refractivity contribution in [2.75, 3.05) is 39.4 Å². The van der Waals surface area contributed by atoms with E-state index in [4.69, 9.17) is 17.0 Å². The SMILES string of the molecule is FC(F)(F)c1ccccc1/C=N\NC(=S)NCCCN1CCOCC1. The monoisotopic (exact) mass is 374 g/mol. The van der Waals surface area contributed by atoms with Gasteiger partial charge in [0.15, 0.2) is 5.11 Å². The summed E-state index contributed by atoms with van der Waals surface area (Å²) in [5, 5.41) is 7.04. The fourth-order valence-electron chi connectivity index (χ4n) is 2.40. The molecule has 0 spiro atoms. The van der Waals surface area contributed by atoms with Gasteiger partial charge in [0.25, 0.3) is 0 Å². The highest BCUT2D eigenvalue weighted by Gasteiger charge is 2.32. The molecule has 0 amide bonds. The van der Waals surface area contributed by atoms with Gasteiger partial charge in [0, 0.05) is 25.2 Å². The van der Waals surface area contributed by atoms with E-state index in [0.717, 1.165) is 51.5 Å². The van der Waals surface area contributed by atoms with Gasteiger partial charge in [-0.15, -0.1) is 0 Å². The van der Waals surface area contributed by atoms with Crippen molar-refractivity contribution in [3.8, 4) is 0 Å². The van der Waals surface area contributed by atoms with E-state index in [2.05, 4.69) is 20.7 Å². The molecule has 1 saturated heterocycles. The Balaban J connectivity index is 1.70. The van der Waals surface area contributed by atoms with Gasteiger partial charge in [-0.1, -0.05) is 18.2 Å². The summed E-state index contributed by atoms with van der Waals surface area (Å²) >= 11 is 5.05. The largest absolute Gasteiger partial charge is 0.417 e. The summed E-state index contributed by atoms with van der Waals surface area (Å²) in [5.41, 5.74) is 1.79. The molecule has 0 radical (unpaired) electrons. The summed E-state index contributed by atoms with van der Waals surface area (Å²) in [6.07, 6.45) is -2.39. The molecule has 0 saturated carbocycles. The van der Waals surface area contributed by atoms with Crippen LogP contribution in [-0.4, -0.2) is 55.6 Å². The number of halogens is 3. The van der Waals surface area contributed by atoms with Crippen molar-refractivity contribution >= 4 is 23.5 Å². The van der Waals surface area contributed by atoms with Crippen LogP contribution >= 0.6 is 12.2 Å². The Hall–Kier alpha value is -1.71. The number of hydrogen-bond acceptors (Lipinski definition) is 4. The highest BCUT2D eigenvalue weighted by molar-refractivity contribution is 7.80. The molecule has 138 valence electrons. The minimum absolute atomic E-state index is 0.0161. The van der Waals surface area contributed by atoms with Crippen LogP contribution < -0.4 is 10.7 Å². The average molecular weight is 374 g/mol. The summed E-state index contributed by atoms with van der Waals surface area (Å²) in [4.78, 5) is 2.31. The number of morpholine rings is 1. The first kappa shape index (κ1) is 19.6. The molecule has 1 fully saturated rings. The Kier molecular flexibility index (Phi) is 7.60. The zero-order valence-corrected chi connectivity index (χ0v) is 14.5. The molecular formula is C16H21F3N4OS. The molecule has 9 heteroatoms. The van der Waals surface area contributed by atoms with E-state index in [1.54, 1.807) is 0 Å². The third-order valence-electron chi connectivity index (χ3n) is 3.68. The lowest BCUT2D eigenvalue weighted by Gasteiger charge is -2.26. The Morgan fingerprint density at radius 1 is 1.28 bits per heavy atom. The van der Waals surface area contributed by atoms with Gasteiger partial charge in [0.05, 0.1) is 25.0 Å². The fourth-order valence-corrected chi connectivity index (χ4v) is 2.55. The average Bonchev–Trinajstić information content (AvgIpc) is 2.59. The molecule has 1 aliphatic rings. The molecule has 25 heavy (non-hydrogen) atoms. The highest BCUT2D eigenvalue weighted by Crippen LogP contribution is 2.30. The number of hydrazone groups is 1. The molecule has 0 unspecified atom stereocenters. The molecule has 0 aliphatic carbocycles. The number of thiocarbonyl (C=S) groups is 1. The number of alkyl halides is 3. The molecule has 0 aromatic heterocycles. The molecule has 2 N–H and O–H groups in total. The molecule has 1 aromatic carbocycles. The number of benzene rings is 1. The summed E-state index contributed by atoms with van der Waals surface area (Å²) in [6, 6.07) is 5.24. The van der Waals surface area contributed by atoms with Crippen molar-refractivity contribution in [2.24, 2.45) is 5.10 Å². The second-order valence-corrected chi connectivity index (χ2v) is 5.93. The molecule has 1 aromatic rings. The normalized spacial score (nSPS) is 16.1. The van der Waals surface area contributed by atoms with Crippen molar-refractivity contribution in [3.63, 3.8) is 0 Å². The van der Waals surface area contributed by atoms with Gasteiger partial charge in [0.1, 0.15) is 0 Å². The molecule has 5 nitrogen and oxygen atoms in total. The van der Waals surface area contributed by atoms with E-state index in [1.165, 1.54) is 18.2 Å². The van der Waals surface area contributed by atoms with E-state index < -0.39 is 11.7 Å². The lowest BCUT2D eigenvalue weighted by molar-refractivity contribution is -0.137. The zero-order chi connectivity index (χ0) is 18.1. The van der Waals surface area contributed by atoms with Gasteiger partial charge in [-0.3, -0.25) is 10.3 Å². The van der Waals surface area contributed by atoms with Crippen LogP contribution in [0.4, 0.5) is 13.2 Å². The lowest BCUT2D eigenvalue weighted by atomic mass is 10.1. The maximum absolute atomic E-state index is 12.9. The number of hydrogen-bond donors (Lipinski definition) is 2. The van der Waals surface area contributed by atoms with Gasteiger partial charge in [-0.05, 0) is 31.2 Å². The van der Waals surface area contributed by atoms with Gasteiger partial charge in [-0.25, -0.2) is 0 Å². The summed E-state index contributed by atoms with van der Waals surface area (Å²) in [5.74, 6) is 0. The molecule has 0 atom stereocenters. The van der Waals surface area contributed by atoms with Crippen LogP contribution in [0.5, 0.6) is 0 Å². The summed E-state index contributed by atoms with van der Waals surface area (Å²) in [6.45, 7) is 5.01. The Morgan fingerprint density at radius 2 is 2.00 bits per heavy atom. The topological polar surface area (TPSA) is 48.9 Å². The van der Waals surface area contributed by atoms with Gasteiger partial charge in [0.2, 0.25) is 0 Å². The molecule has 0 bridgehead atoms. The number of nitrogens with one attached hydrogen (secondary N) is 2. The third kappa shape index (κ3) is 6.97. The quantitative estimate of drug-likeness (QED) is 0.346. The molecular weight excluding hydrogens is 353 g/mol. The van der Waals surface area contributed by atoms with Gasteiger partial charge >= 0.3 is 6.18 Å². The third-order valence-corrected chi connectivity index (χ3v) is 3.91. The fraction of sp³-hybridized carbons (Fsp3) is 0.500. The van der Waals surface area contributed by atoms with Crippen molar-refractivity contribution in [3.05, 3.63) is 35.4 Å². The van der Waals surface area contributed by atoms with Crippen LogP contribution in [0.1, 0.15) is 17.5 Å². The van der Waals surface area contributed by atoms with Crippen molar-refractivity contribution in [1.29, 1.82) is 0 Å². The Labute approximate surface area is 150 Å². The summed E-state index contributed by atoms with van der Waals surface area (Å²) < 4.78 is 43.9. The van der Waals surface area contributed by atoms with E-state index in [-0.39, 0.29) is 10.7 Å². The van der Waals surface area contributed by atoms with Gasteiger partial charge < -0.3 is 10.1 Å². The number of rotatable bonds is 6. The van der Waals surface area contributed by atoms with Crippen molar-refractivity contribution < 1.29 is 17.9 Å². The maximum atomic E-state index is 12.9. The van der Waals surface area contributed by atoms with E-state index in [1.807, 2.05) is 0 Å². The standard InChI is InChI=1S/C16H21F3N4OS/c17-16(18,19)14-5-2-1-4-13(14)12-21-22-15(25)20-6-3-7-23-8-10-24-11-9-23/h1-2,4-5,12H,3,6-11H2,(H2,20,22,25)/b21-12-. The first-order valence-corrected chi connectivity index (χ1v) is 8.41. The Morgan fingerprint density at radius 3 is 2.72 bits per heavy atom. The first-order valence-electron chi connectivity index (χ1n) is 8.00. The van der Waals surface area contributed by atoms with Crippen LogP contribution in [0, 0.1) is 0 Å². The summed E-state index contributed by atoms with van der Waals surface area (Å²) in [7, 11) is 0. The van der Waals surface area contributed by atoms with E-state index in [0.29, 0.717) is 6.54 Å². The first-order chi connectivity index (χ1) is 12.0. The molecule has 2 rings (SSSR count).